The first-order chi connectivity index (χ1) is 14.1. The average molecular weight is 386 g/mol. The van der Waals surface area contributed by atoms with Crippen LogP contribution in [-0.2, 0) is 0 Å². The van der Waals surface area contributed by atoms with E-state index in [0.717, 1.165) is 22.4 Å². The lowest BCUT2D eigenvalue weighted by Crippen LogP contribution is -2.29. The Morgan fingerprint density at radius 3 is 2.52 bits per heavy atom. The molecule has 3 heterocycles. The van der Waals surface area contributed by atoms with Crippen molar-refractivity contribution in [2.75, 3.05) is 24.3 Å². The van der Waals surface area contributed by atoms with Gasteiger partial charge in [-0.3, -0.25) is 4.79 Å². The number of aromatic nitrogens is 6. The zero-order valence-corrected chi connectivity index (χ0v) is 15.9. The van der Waals surface area contributed by atoms with Gasteiger partial charge in [0, 0.05) is 30.9 Å². The van der Waals surface area contributed by atoms with E-state index < -0.39 is 6.04 Å². The van der Waals surface area contributed by atoms with E-state index in [4.69, 9.17) is 0 Å². The monoisotopic (exact) mass is 386 g/mol. The zero-order valence-electron chi connectivity index (χ0n) is 15.9. The molecule has 2 aromatic carbocycles. The van der Waals surface area contributed by atoms with Gasteiger partial charge < -0.3 is 10.2 Å². The van der Waals surface area contributed by atoms with E-state index in [1.807, 2.05) is 73.6 Å². The molecule has 1 aliphatic rings. The molecule has 0 aliphatic carbocycles. The van der Waals surface area contributed by atoms with Crippen molar-refractivity contribution < 1.29 is 0 Å². The Bertz CT molecular complexity index is 1230. The van der Waals surface area contributed by atoms with Gasteiger partial charge in [0.2, 0.25) is 5.95 Å². The smallest absolute Gasteiger partial charge is 0.288 e. The van der Waals surface area contributed by atoms with Crippen LogP contribution >= 0.6 is 0 Å². The molecule has 4 aromatic rings. The van der Waals surface area contributed by atoms with E-state index in [1.54, 1.807) is 4.68 Å². The van der Waals surface area contributed by atoms with Crippen molar-refractivity contribution in [2.45, 2.75) is 6.04 Å². The summed E-state index contributed by atoms with van der Waals surface area (Å²) in [6.45, 7) is 0. The average Bonchev–Trinajstić information content (AvgIpc) is 3.22. The second-order valence-corrected chi connectivity index (χ2v) is 7.02. The van der Waals surface area contributed by atoms with Crippen LogP contribution in [0.2, 0.25) is 0 Å². The summed E-state index contributed by atoms with van der Waals surface area (Å²) in [6, 6.07) is 17.5. The maximum atomic E-state index is 12.6. The lowest BCUT2D eigenvalue weighted by molar-refractivity contribution is 0.567. The van der Waals surface area contributed by atoms with Gasteiger partial charge in [0.1, 0.15) is 11.7 Å². The third-order valence-corrected chi connectivity index (χ3v) is 5.04. The van der Waals surface area contributed by atoms with Gasteiger partial charge in [0.25, 0.3) is 5.56 Å². The van der Waals surface area contributed by atoms with E-state index in [0.29, 0.717) is 17.3 Å². The second kappa shape index (κ2) is 6.55. The largest absolute Gasteiger partial charge is 0.378 e. The van der Waals surface area contributed by atoms with Gasteiger partial charge in [-0.2, -0.15) is 9.78 Å². The topological polar surface area (TPSA) is 105 Å². The van der Waals surface area contributed by atoms with E-state index in [2.05, 4.69) is 31.0 Å². The van der Waals surface area contributed by atoms with Gasteiger partial charge in [-0.1, -0.05) is 47.6 Å². The minimum atomic E-state index is -0.391. The molecule has 1 atom stereocenters. The highest BCUT2D eigenvalue weighted by Gasteiger charge is 2.34. The Morgan fingerprint density at radius 1 is 1.03 bits per heavy atom. The van der Waals surface area contributed by atoms with Crippen LogP contribution in [0.5, 0.6) is 0 Å². The lowest BCUT2D eigenvalue weighted by atomic mass is 9.92. The van der Waals surface area contributed by atoms with Gasteiger partial charge in [-0.05, 0) is 28.1 Å². The third-order valence-electron chi connectivity index (χ3n) is 5.04. The molecule has 29 heavy (non-hydrogen) atoms. The van der Waals surface area contributed by atoms with Crippen LogP contribution in [-0.4, -0.2) is 44.5 Å². The Kier molecular flexibility index (Phi) is 3.87. The minimum Gasteiger partial charge on any atom is -0.378 e. The van der Waals surface area contributed by atoms with Crippen LogP contribution in [0.1, 0.15) is 17.2 Å². The molecular formula is C20H18N8O. The predicted molar refractivity (Wildman–Crippen MR) is 109 cm³/mol. The van der Waals surface area contributed by atoms with Gasteiger partial charge >= 0.3 is 0 Å². The second-order valence-electron chi connectivity index (χ2n) is 7.02. The molecule has 144 valence electrons. The van der Waals surface area contributed by atoms with Crippen LogP contribution in [0.25, 0.3) is 11.3 Å². The molecule has 0 saturated carbocycles. The van der Waals surface area contributed by atoms with Crippen LogP contribution in [0, 0.1) is 0 Å². The maximum Gasteiger partial charge on any atom is 0.288 e. The van der Waals surface area contributed by atoms with E-state index in [9.17, 15) is 4.79 Å². The molecule has 0 unspecified atom stereocenters. The quantitative estimate of drug-likeness (QED) is 0.490. The maximum absolute atomic E-state index is 12.6. The van der Waals surface area contributed by atoms with Crippen molar-refractivity contribution in [3.63, 3.8) is 0 Å². The van der Waals surface area contributed by atoms with Crippen LogP contribution in [0.3, 0.4) is 0 Å². The molecule has 2 N–H and O–H groups in total. The predicted octanol–water partition coefficient (Wildman–Crippen LogP) is 2.18. The number of nitrogens with one attached hydrogen (secondary N) is 2. The number of aromatic amines is 1. The Balaban J connectivity index is 1.77. The molecule has 9 nitrogen and oxygen atoms in total. The molecule has 0 bridgehead atoms. The van der Waals surface area contributed by atoms with E-state index >= 15 is 0 Å². The summed E-state index contributed by atoms with van der Waals surface area (Å²) in [5.41, 5.74) is 4.43. The summed E-state index contributed by atoms with van der Waals surface area (Å²) in [5.74, 6) is 0.412. The fraction of sp³-hybridized carbons (Fsp3) is 0.150. The molecule has 1 aliphatic heterocycles. The molecular weight excluding hydrogens is 368 g/mol. The molecule has 0 saturated heterocycles. The highest BCUT2D eigenvalue weighted by molar-refractivity contribution is 5.75. The number of H-pyrrole nitrogens is 1. The molecule has 5 rings (SSSR count). The standard InChI is InChI=1S/C20H18N8O/c1-27(2)14-10-8-13(9-11-14)18-15-16(12-6-4-3-5-7-12)22-23-19(29)17(15)21-20-24-25-26-28(18)20/h3-11,18H,1-2H3,(H,23,29)(H,21,24,26)/t18-/m0/s1. The third kappa shape index (κ3) is 2.75. The van der Waals surface area contributed by atoms with E-state index in [-0.39, 0.29) is 5.56 Å². The number of hydrogen-bond acceptors (Lipinski definition) is 7. The number of hydrogen-bond donors (Lipinski definition) is 2. The number of anilines is 3. The van der Waals surface area contributed by atoms with Crippen LogP contribution in [0.15, 0.2) is 59.4 Å². The van der Waals surface area contributed by atoms with Crippen LogP contribution < -0.4 is 15.8 Å². The molecule has 0 spiro atoms. The summed E-state index contributed by atoms with van der Waals surface area (Å²) in [4.78, 5) is 14.7. The minimum absolute atomic E-state index is 0.316. The van der Waals surface area contributed by atoms with Crippen molar-refractivity contribution in [2.24, 2.45) is 0 Å². The SMILES string of the molecule is CN(C)c1ccc([C@H]2c3c(-c4ccccc4)n[nH]c(=O)c3Nc3nnnn32)cc1. The summed E-state index contributed by atoms with van der Waals surface area (Å²) >= 11 is 0. The summed E-state index contributed by atoms with van der Waals surface area (Å²) in [5, 5.41) is 22.0. The van der Waals surface area contributed by atoms with Gasteiger partial charge in [0.15, 0.2) is 0 Å². The zero-order chi connectivity index (χ0) is 20.0. The lowest BCUT2D eigenvalue weighted by Gasteiger charge is -2.28. The van der Waals surface area contributed by atoms with Gasteiger partial charge in [-0.25, -0.2) is 5.10 Å². The number of rotatable bonds is 3. The Labute approximate surface area is 166 Å². The molecule has 2 aromatic heterocycles. The Morgan fingerprint density at radius 2 is 1.79 bits per heavy atom. The van der Waals surface area contributed by atoms with Gasteiger partial charge in [0.05, 0.1) is 5.69 Å². The van der Waals surface area contributed by atoms with E-state index in [1.165, 1.54) is 0 Å². The van der Waals surface area contributed by atoms with Crippen molar-refractivity contribution in [1.29, 1.82) is 0 Å². The highest BCUT2D eigenvalue weighted by Crippen LogP contribution is 2.41. The van der Waals surface area contributed by atoms with Gasteiger partial charge in [-0.15, -0.1) is 0 Å². The number of fused-ring (bicyclic) bond motifs is 2. The van der Waals surface area contributed by atoms with Crippen molar-refractivity contribution in [3.8, 4) is 11.3 Å². The first-order valence-corrected chi connectivity index (χ1v) is 9.13. The fourth-order valence-corrected chi connectivity index (χ4v) is 3.62. The first kappa shape index (κ1) is 17.1. The molecule has 0 radical (unpaired) electrons. The first-order valence-electron chi connectivity index (χ1n) is 9.13. The number of benzene rings is 2. The molecule has 0 amide bonds. The number of tetrazole rings is 1. The highest BCUT2D eigenvalue weighted by atomic mass is 16.1. The Hall–Kier alpha value is -4.01. The number of nitrogens with zero attached hydrogens (tertiary/aromatic N) is 6. The fourth-order valence-electron chi connectivity index (χ4n) is 3.62. The van der Waals surface area contributed by atoms with Crippen molar-refractivity contribution in [1.82, 2.24) is 30.4 Å². The normalized spacial score (nSPS) is 14.6. The van der Waals surface area contributed by atoms with Crippen LogP contribution in [0.4, 0.5) is 17.3 Å². The molecule has 0 fully saturated rings. The summed E-state index contributed by atoms with van der Waals surface area (Å²) in [6.07, 6.45) is 0. The van der Waals surface area contributed by atoms with Crippen molar-refractivity contribution >= 4 is 17.3 Å². The summed E-state index contributed by atoms with van der Waals surface area (Å²) < 4.78 is 1.68. The summed E-state index contributed by atoms with van der Waals surface area (Å²) in [7, 11) is 3.98. The van der Waals surface area contributed by atoms with Crippen molar-refractivity contribution in [3.05, 3.63) is 76.1 Å². The molecule has 9 heteroatoms.